The summed E-state index contributed by atoms with van der Waals surface area (Å²) in [5.74, 6) is 0. The molecule has 92 valence electrons. The van der Waals surface area contributed by atoms with Gasteiger partial charge in [0.05, 0.1) is 0 Å². The third-order valence-corrected chi connectivity index (χ3v) is 3.12. The van der Waals surface area contributed by atoms with Crippen LogP contribution in [-0.4, -0.2) is 24.0 Å². The first-order chi connectivity index (χ1) is 7.88. The van der Waals surface area contributed by atoms with Crippen LogP contribution in [0.3, 0.4) is 0 Å². The first-order valence-electron chi connectivity index (χ1n) is 6.13. The molecular formula is C15H22N2. The summed E-state index contributed by atoms with van der Waals surface area (Å²) >= 11 is 0. The molecule has 0 aliphatic heterocycles. The highest BCUT2D eigenvalue weighted by Gasteiger charge is 2.15. The maximum Gasteiger partial charge on any atom is 0.0457 e. The van der Waals surface area contributed by atoms with Gasteiger partial charge in [-0.2, -0.15) is 0 Å². The Kier molecular flexibility index (Phi) is 3.00. The number of nitrogens with zero attached hydrogens (tertiary/aromatic N) is 1. The summed E-state index contributed by atoms with van der Waals surface area (Å²) in [6.07, 6.45) is 2.12. The van der Waals surface area contributed by atoms with Gasteiger partial charge in [0.15, 0.2) is 0 Å². The molecule has 0 fully saturated rings. The predicted molar refractivity (Wildman–Crippen MR) is 74.4 cm³/mol. The molecule has 1 aromatic carbocycles. The van der Waals surface area contributed by atoms with Crippen LogP contribution < -0.4 is 0 Å². The second kappa shape index (κ2) is 4.19. The molecule has 0 saturated heterocycles. The van der Waals surface area contributed by atoms with Crippen molar-refractivity contribution in [2.24, 2.45) is 0 Å². The number of hydrogen-bond donors (Lipinski definition) is 1. The Morgan fingerprint density at radius 1 is 1.18 bits per heavy atom. The molecule has 0 unspecified atom stereocenters. The van der Waals surface area contributed by atoms with Crippen LogP contribution in [0, 0.1) is 0 Å². The summed E-state index contributed by atoms with van der Waals surface area (Å²) in [6.45, 7) is 7.75. The van der Waals surface area contributed by atoms with Crippen molar-refractivity contribution in [2.45, 2.75) is 32.7 Å². The van der Waals surface area contributed by atoms with Gasteiger partial charge < -0.3 is 9.88 Å². The van der Waals surface area contributed by atoms with E-state index in [0.717, 1.165) is 6.54 Å². The summed E-state index contributed by atoms with van der Waals surface area (Å²) in [5.41, 5.74) is 4.21. The Bertz CT molecular complexity index is 515. The van der Waals surface area contributed by atoms with Crippen molar-refractivity contribution in [3.8, 4) is 0 Å². The van der Waals surface area contributed by atoms with Crippen LogP contribution in [0.25, 0.3) is 10.9 Å². The number of fused-ring (bicyclic) bond motifs is 1. The fourth-order valence-electron chi connectivity index (χ4n) is 2.12. The lowest BCUT2D eigenvalue weighted by Crippen LogP contribution is -2.11. The minimum atomic E-state index is 0.209. The molecule has 1 aromatic heterocycles. The molecule has 0 aliphatic rings. The molecule has 2 rings (SSSR count). The van der Waals surface area contributed by atoms with Gasteiger partial charge in [-0.15, -0.1) is 0 Å². The van der Waals surface area contributed by atoms with Crippen LogP contribution in [0.2, 0.25) is 0 Å². The second-order valence-electron chi connectivity index (χ2n) is 6.06. The number of rotatable bonds is 2. The Hall–Kier alpha value is -1.28. The molecule has 0 atom stereocenters. The van der Waals surface area contributed by atoms with Crippen LogP contribution >= 0.6 is 0 Å². The molecular weight excluding hydrogens is 208 g/mol. The fourth-order valence-corrected chi connectivity index (χ4v) is 2.12. The number of benzene rings is 1. The molecule has 2 heteroatoms. The van der Waals surface area contributed by atoms with E-state index in [2.05, 4.69) is 69.1 Å². The maximum absolute atomic E-state index is 3.35. The van der Waals surface area contributed by atoms with Gasteiger partial charge in [0.1, 0.15) is 0 Å². The van der Waals surface area contributed by atoms with Crippen molar-refractivity contribution in [3.63, 3.8) is 0 Å². The molecule has 0 saturated carbocycles. The molecule has 0 radical (unpaired) electrons. The number of aromatic nitrogens is 1. The Balaban J connectivity index is 2.50. The first-order valence-corrected chi connectivity index (χ1v) is 6.13. The molecule has 0 bridgehead atoms. The standard InChI is InChI=1S/C15H22N2/c1-15(2,3)12-6-7-14-13(8-12)11(9-16-14)10-17(4)5/h6-9,16H,10H2,1-5H3. The number of H-pyrrole nitrogens is 1. The largest absolute Gasteiger partial charge is 0.361 e. The monoisotopic (exact) mass is 230 g/mol. The van der Waals surface area contributed by atoms with Crippen LogP contribution in [0.4, 0.5) is 0 Å². The molecule has 2 aromatic rings. The Morgan fingerprint density at radius 2 is 1.88 bits per heavy atom. The zero-order valence-corrected chi connectivity index (χ0v) is 11.5. The van der Waals surface area contributed by atoms with Gasteiger partial charge in [-0.05, 0) is 42.8 Å². The smallest absolute Gasteiger partial charge is 0.0457 e. The average Bonchev–Trinajstić information content (AvgIpc) is 2.59. The van der Waals surface area contributed by atoms with Gasteiger partial charge in [0, 0.05) is 23.6 Å². The minimum Gasteiger partial charge on any atom is -0.361 e. The van der Waals surface area contributed by atoms with E-state index in [-0.39, 0.29) is 5.41 Å². The van der Waals surface area contributed by atoms with E-state index >= 15 is 0 Å². The van der Waals surface area contributed by atoms with Crippen LogP contribution in [-0.2, 0) is 12.0 Å². The summed E-state index contributed by atoms with van der Waals surface area (Å²) in [6, 6.07) is 6.73. The molecule has 0 aliphatic carbocycles. The normalized spacial score (nSPS) is 12.6. The third-order valence-electron chi connectivity index (χ3n) is 3.12. The molecule has 1 heterocycles. The van der Waals surface area contributed by atoms with E-state index < -0.39 is 0 Å². The number of hydrogen-bond acceptors (Lipinski definition) is 1. The average molecular weight is 230 g/mol. The SMILES string of the molecule is CN(C)Cc1c[nH]c2ccc(C(C)(C)C)cc12. The highest BCUT2D eigenvalue weighted by molar-refractivity contribution is 5.84. The minimum absolute atomic E-state index is 0.209. The summed E-state index contributed by atoms with van der Waals surface area (Å²) < 4.78 is 0. The van der Waals surface area contributed by atoms with E-state index in [4.69, 9.17) is 0 Å². The van der Waals surface area contributed by atoms with Crippen LogP contribution in [0.5, 0.6) is 0 Å². The van der Waals surface area contributed by atoms with Gasteiger partial charge in [0.25, 0.3) is 0 Å². The Morgan fingerprint density at radius 3 is 2.47 bits per heavy atom. The molecule has 0 amide bonds. The van der Waals surface area contributed by atoms with Gasteiger partial charge in [0.2, 0.25) is 0 Å². The van der Waals surface area contributed by atoms with Crippen molar-refractivity contribution in [2.75, 3.05) is 14.1 Å². The van der Waals surface area contributed by atoms with Crippen molar-refractivity contribution in [1.29, 1.82) is 0 Å². The summed E-state index contributed by atoms with van der Waals surface area (Å²) in [7, 11) is 4.21. The highest BCUT2D eigenvalue weighted by Crippen LogP contribution is 2.27. The molecule has 1 N–H and O–H groups in total. The van der Waals surface area contributed by atoms with E-state index in [1.54, 1.807) is 0 Å². The van der Waals surface area contributed by atoms with E-state index in [9.17, 15) is 0 Å². The van der Waals surface area contributed by atoms with Crippen molar-refractivity contribution >= 4 is 10.9 Å². The van der Waals surface area contributed by atoms with Gasteiger partial charge >= 0.3 is 0 Å². The van der Waals surface area contributed by atoms with Crippen molar-refractivity contribution < 1.29 is 0 Å². The lowest BCUT2D eigenvalue weighted by atomic mass is 9.86. The van der Waals surface area contributed by atoms with Gasteiger partial charge in [-0.3, -0.25) is 0 Å². The lowest BCUT2D eigenvalue weighted by Gasteiger charge is -2.19. The highest BCUT2D eigenvalue weighted by atomic mass is 15.0. The number of aromatic amines is 1. The molecule has 0 spiro atoms. The van der Waals surface area contributed by atoms with Crippen LogP contribution in [0.15, 0.2) is 24.4 Å². The number of nitrogens with one attached hydrogen (secondary N) is 1. The zero-order valence-electron chi connectivity index (χ0n) is 11.5. The predicted octanol–water partition coefficient (Wildman–Crippen LogP) is 3.53. The van der Waals surface area contributed by atoms with Crippen molar-refractivity contribution in [3.05, 3.63) is 35.5 Å². The quantitative estimate of drug-likeness (QED) is 0.836. The summed E-state index contributed by atoms with van der Waals surface area (Å²) in [4.78, 5) is 5.55. The molecule has 17 heavy (non-hydrogen) atoms. The van der Waals surface area contributed by atoms with E-state index in [1.165, 1.54) is 22.0 Å². The summed E-state index contributed by atoms with van der Waals surface area (Å²) in [5, 5.41) is 1.35. The van der Waals surface area contributed by atoms with Gasteiger partial charge in [-0.1, -0.05) is 26.8 Å². The zero-order chi connectivity index (χ0) is 12.6. The third kappa shape index (κ3) is 2.52. The van der Waals surface area contributed by atoms with Crippen LogP contribution in [0.1, 0.15) is 31.9 Å². The van der Waals surface area contributed by atoms with E-state index in [1.807, 2.05) is 0 Å². The van der Waals surface area contributed by atoms with E-state index in [0.29, 0.717) is 0 Å². The maximum atomic E-state index is 3.35. The van der Waals surface area contributed by atoms with Gasteiger partial charge in [-0.25, -0.2) is 0 Å². The topological polar surface area (TPSA) is 19.0 Å². The Labute approximate surface area is 104 Å². The fraction of sp³-hybridized carbons (Fsp3) is 0.467. The van der Waals surface area contributed by atoms with Crippen molar-refractivity contribution in [1.82, 2.24) is 9.88 Å². The molecule has 2 nitrogen and oxygen atoms in total. The lowest BCUT2D eigenvalue weighted by molar-refractivity contribution is 0.404. The second-order valence-corrected chi connectivity index (χ2v) is 6.06. The first kappa shape index (κ1) is 12.2.